The number of para-hydroxylation sites is 1. The molecule has 126 valence electrons. The van der Waals surface area contributed by atoms with Crippen molar-refractivity contribution < 1.29 is 33.0 Å². The molecule has 0 fully saturated rings. The molecule has 0 atom stereocenters. The molecule has 1 aromatic rings. The Balaban J connectivity index is 2.60. The number of amides is 2. The maximum absolute atomic E-state index is 12.3. The Kier molecular flexibility index (Phi) is 6.91. The molecule has 0 saturated heterocycles. The molecule has 1 aromatic carbocycles. The number of carboxylic acid groups (broad SMARTS) is 1. The second-order valence-electron chi connectivity index (χ2n) is 4.52. The molecule has 0 aliphatic heterocycles. The van der Waals surface area contributed by atoms with Gasteiger partial charge in [-0.3, -0.25) is 14.4 Å². The highest BCUT2D eigenvalue weighted by molar-refractivity contribution is 5.98. The molecule has 0 aliphatic rings. The topological polar surface area (TPSA) is 95.9 Å². The van der Waals surface area contributed by atoms with E-state index in [0.29, 0.717) is 0 Å². The first-order valence-electron chi connectivity index (χ1n) is 6.59. The summed E-state index contributed by atoms with van der Waals surface area (Å²) in [6.07, 6.45) is -0.221. The van der Waals surface area contributed by atoms with Gasteiger partial charge < -0.3 is 20.1 Å². The van der Waals surface area contributed by atoms with E-state index in [2.05, 4.69) is 10.1 Å². The van der Waals surface area contributed by atoms with Gasteiger partial charge in [0.15, 0.2) is 0 Å². The third-order valence-corrected chi connectivity index (χ3v) is 2.83. The summed E-state index contributed by atoms with van der Waals surface area (Å²) in [5.74, 6) is -2.61. The molecule has 0 heterocycles. The fourth-order valence-electron chi connectivity index (χ4n) is 1.63. The van der Waals surface area contributed by atoms with Crippen molar-refractivity contribution in [1.29, 1.82) is 0 Å². The van der Waals surface area contributed by atoms with Gasteiger partial charge >= 0.3 is 12.6 Å². The Morgan fingerprint density at radius 1 is 1.30 bits per heavy atom. The number of aliphatic carboxylic acids is 1. The highest BCUT2D eigenvalue weighted by Gasteiger charge is 2.17. The number of carboxylic acids is 1. The van der Waals surface area contributed by atoms with Gasteiger partial charge in [0.05, 0.1) is 18.5 Å². The molecule has 7 nitrogen and oxygen atoms in total. The molecule has 0 unspecified atom stereocenters. The van der Waals surface area contributed by atoms with E-state index in [1.807, 2.05) is 0 Å². The quantitative estimate of drug-likeness (QED) is 0.740. The van der Waals surface area contributed by atoms with Crippen LogP contribution in [0.4, 0.5) is 8.78 Å². The zero-order valence-corrected chi connectivity index (χ0v) is 12.3. The van der Waals surface area contributed by atoms with Gasteiger partial charge in [0.25, 0.3) is 5.91 Å². The van der Waals surface area contributed by atoms with Gasteiger partial charge in [0.1, 0.15) is 5.75 Å². The average Bonchev–Trinajstić information content (AvgIpc) is 2.49. The van der Waals surface area contributed by atoms with Crippen LogP contribution in [-0.4, -0.2) is 54.5 Å². The predicted octanol–water partition coefficient (Wildman–Crippen LogP) is 0.951. The van der Waals surface area contributed by atoms with Crippen LogP contribution in [0, 0.1) is 0 Å². The van der Waals surface area contributed by atoms with Crippen LogP contribution in [0.1, 0.15) is 16.8 Å². The molecule has 0 bridgehead atoms. The fraction of sp³-hybridized carbons (Fsp3) is 0.357. The lowest BCUT2D eigenvalue weighted by Crippen LogP contribution is -2.39. The molecule has 2 N–H and O–H groups in total. The zero-order chi connectivity index (χ0) is 17.4. The van der Waals surface area contributed by atoms with E-state index in [4.69, 9.17) is 5.11 Å². The Morgan fingerprint density at radius 3 is 2.57 bits per heavy atom. The maximum atomic E-state index is 12.3. The molecule has 1 rings (SSSR count). The van der Waals surface area contributed by atoms with Crippen LogP contribution in [0.25, 0.3) is 0 Å². The first kappa shape index (κ1) is 18.3. The van der Waals surface area contributed by atoms with Crippen LogP contribution >= 0.6 is 0 Å². The van der Waals surface area contributed by atoms with Gasteiger partial charge in [-0.25, -0.2) is 0 Å². The summed E-state index contributed by atoms with van der Waals surface area (Å²) in [7, 11) is 1.39. The highest BCUT2D eigenvalue weighted by atomic mass is 19.3. The molecule has 23 heavy (non-hydrogen) atoms. The van der Waals surface area contributed by atoms with E-state index in [0.717, 1.165) is 4.90 Å². The van der Waals surface area contributed by atoms with Crippen LogP contribution in [0.2, 0.25) is 0 Å². The number of hydrogen-bond acceptors (Lipinski definition) is 4. The Labute approximate surface area is 130 Å². The van der Waals surface area contributed by atoms with E-state index >= 15 is 0 Å². The lowest BCUT2D eigenvalue weighted by atomic mass is 10.2. The summed E-state index contributed by atoms with van der Waals surface area (Å²) in [5.41, 5.74) is -0.131. The molecule has 0 saturated carbocycles. The van der Waals surface area contributed by atoms with Crippen LogP contribution in [0.15, 0.2) is 24.3 Å². The van der Waals surface area contributed by atoms with E-state index in [9.17, 15) is 23.2 Å². The van der Waals surface area contributed by atoms with Crippen molar-refractivity contribution in [3.05, 3.63) is 29.8 Å². The average molecular weight is 330 g/mol. The lowest BCUT2D eigenvalue weighted by Gasteiger charge is -2.16. The third kappa shape index (κ3) is 6.29. The molecule has 2 amide bonds. The summed E-state index contributed by atoms with van der Waals surface area (Å²) in [6, 6.07) is 5.39. The van der Waals surface area contributed by atoms with Gasteiger partial charge in [-0.05, 0) is 12.1 Å². The van der Waals surface area contributed by atoms with Crippen LogP contribution in [0.3, 0.4) is 0 Å². The minimum absolute atomic E-state index is 0.00484. The number of nitrogens with zero attached hydrogens (tertiary/aromatic N) is 1. The summed E-state index contributed by atoms with van der Waals surface area (Å²) in [4.78, 5) is 35.2. The maximum Gasteiger partial charge on any atom is 0.387 e. The number of rotatable bonds is 8. The summed E-state index contributed by atoms with van der Waals surface area (Å²) in [6.45, 7) is -3.47. The molecule has 0 spiro atoms. The Morgan fingerprint density at radius 2 is 1.96 bits per heavy atom. The lowest BCUT2D eigenvalue weighted by molar-refractivity contribution is -0.138. The number of ether oxygens (including phenoxy) is 1. The van der Waals surface area contributed by atoms with Crippen LogP contribution in [0.5, 0.6) is 5.75 Å². The van der Waals surface area contributed by atoms with Crippen molar-refractivity contribution in [3.63, 3.8) is 0 Å². The molecule has 9 heteroatoms. The number of halogens is 2. The second kappa shape index (κ2) is 8.66. The van der Waals surface area contributed by atoms with Gasteiger partial charge in [-0.1, -0.05) is 12.1 Å². The fourth-order valence-corrected chi connectivity index (χ4v) is 1.63. The first-order chi connectivity index (χ1) is 10.8. The Hall–Kier alpha value is -2.71. The smallest absolute Gasteiger partial charge is 0.387 e. The van der Waals surface area contributed by atoms with E-state index in [1.54, 1.807) is 0 Å². The number of carbonyl (C=O) groups excluding carboxylic acids is 2. The molecule has 0 aliphatic carbocycles. The van der Waals surface area contributed by atoms with Crippen molar-refractivity contribution in [1.82, 2.24) is 10.2 Å². The van der Waals surface area contributed by atoms with Gasteiger partial charge in [-0.15, -0.1) is 0 Å². The highest BCUT2D eigenvalue weighted by Crippen LogP contribution is 2.19. The number of nitrogens with one attached hydrogen (secondary N) is 1. The second-order valence-corrected chi connectivity index (χ2v) is 4.52. The van der Waals surface area contributed by atoms with Gasteiger partial charge in [0.2, 0.25) is 5.91 Å². The van der Waals surface area contributed by atoms with Crippen molar-refractivity contribution in [3.8, 4) is 5.75 Å². The summed E-state index contributed by atoms with van der Waals surface area (Å²) < 4.78 is 28.8. The van der Waals surface area contributed by atoms with Crippen molar-refractivity contribution >= 4 is 17.8 Å². The summed E-state index contributed by atoms with van der Waals surface area (Å²) >= 11 is 0. The van der Waals surface area contributed by atoms with Crippen molar-refractivity contribution in [2.75, 3.05) is 20.1 Å². The van der Waals surface area contributed by atoms with Crippen molar-refractivity contribution in [2.45, 2.75) is 13.0 Å². The molecule has 0 radical (unpaired) electrons. The van der Waals surface area contributed by atoms with E-state index in [1.165, 1.54) is 31.3 Å². The zero-order valence-electron chi connectivity index (χ0n) is 12.3. The molecule has 0 aromatic heterocycles. The van der Waals surface area contributed by atoms with Gasteiger partial charge in [-0.2, -0.15) is 8.78 Å². The monoisotopic (exact) mass is 330 g/mol. The third-order valence-electron chi connectivity index (χ3n) is 2.83. The number of likely N-dealkylation sites (N-methyl/N-ethyl adjacent to an activating group) is 1. The standard InChI is InChI=1S/C14H16F2N2O5/c1-18(7-6-12(20)21)11(19)8-17-13(22)9-4-2-3-5-10(9)23-14(15)16/h2-5,14H,6-8H2,1H3,(H,17,22)(H,20,21). The molecular weight excluding hydrogens is 314 g/mol. The number of carbonyl (C=O) groups is 3. The first-order valence-corrected chi connectivity index (χ1v) is 6.59. The SMILES string of the molecule is CN(CCC(=O)O)C(=O)CNC(=O)c1ccccc1OC(F)F. The number of alkyl halides is 2. The van der Waals surface area contributed by atoms with Gasteiger partial charge in [0, 0.05) is 13.6 Å². The Bertz CT molecular complexity index is 580. The molecular formula is C14H16F2N2O5. The minimum Gasteiger partial charge on any atom is -0.481 e. The number of benzene rings is 1. The summed E-state index contributed by atoms with van der Waals surface area (Å²) in [5, 5.41) is 10.8. The van der Waals surface area contributed by atoms with Crippen molar-refractivity contribution in [2.24, 2.45) is 0 Å². The van der Waals surface area contributed by atoms with E-state index < -0.39 is 30.9 Å². The van der Waals surface area contributed by atoms with Crippen LogP contribution in [-0.2, 0) is 9.59 Å². The van der Waals surface area contributed by atoms with Crippen LogP contribution < -0.4 is 10.1 Å². The minimum atomic E-state index is -3.08. The largest absolute Gasteiger partial charge is 0.481 e. The normalized spacial score (nSPS) is 10.3. The van der Waals surface area contributed by atoms with E-state index in [-0.39, 0.29) is 24.3 Å². The predicted molar refractivity (Wildman–Crippen MR) is 75.3 cm³/mol. The number of hydrogen-bond donors (Lipinski definition) is 2.